The standard InChI is InChI=1S/C13H16F2N2O/c1-2-5-17(9-3-4-9)13(18)8-6-10(14)12(16)11(15)7-8/h6-7,9H,2-5,16H2,1H3. The number of nitrogens with two attached hydrogens (primary N) is 1. The summed E-state index contributed by atoms with van der Waals surface area (Å²) in [7, 11) is 0. The van der Waals surface area contributed by atoms with E-state index in [2.05, 4.69) is 0 Å². The van der Waals surface area contributed by atoms with E-state index in [9.17, 15) is 13.6 Å². The van der Waals surface area contributed by atoms with E-state index in [0.29, 0.717) is 6.54 Å². The monoisotopic (exact) mass is 254 g/mol. The first kappa shape index (κ1) is 12.8. The molecule has 1 aliphatic rings. The number of nitrogen functional groups attached to an aromatic ring is 1. The molecule has 0 radical (unpaired) electrons. The maximum atomic E-state index is 13.3. The van der Waals surface area contributed by atoms with Crippen molar-refractivity contribution in [3.63, 3.8) is 0 Å². The van der Waals surface area contributed by atoms with Crippen molar-refractivity contribution >= 4 is 11.6 Å². The van der Waals surface area contributed by atoms with Crippen LogP contribution in [0.15, 0.2) is 12.1 Å². The van der Waals surface area contributed by atoms with Crippen LogP contribution in [0.2, 0.25) is 0 Å². The third-order valence-electron chi connectivity index (χ3n) is 3.04. The normalized spacial score (nSPS) is 14.6. The zero-order valence-electron chi connectivity index (χ0n) is 10.2. The van der Waals surface area contributed by atoms with Crippen LogP contribution >= 0.6 is 0 Å². The fourth-order valence-corrected chi connectivity index (χ4v) is 1.95. The summed E-state index contributed by atoms with van der Waals surface area (Å²) in [6, 6.07) is 2.23. The molecule has 0 aliphatic heterocycles. The summed E-state index contributed by atoms with van der Waals surface area (Å²) in [4.78, 5) is 13.9. The molecule has 0 bridgehead atoms. The van der Waals surface area contributed by atoms with Crippen molar-refractivity contribution < 1.29 is 13.6 Å². The van der Waals surface area contributed by atoms with Crippen molar-refractivity contribution in [3.8, 4) is 0 Å². The molecule has 0 spiro atoms. The van der Waals surface area contributed by atoms with Crippen molar-refractivity contribution in [2.45, 2.75) is 32.2 Å². The van der Waals surface area contributed by atoms with Gasteiger partial charge in [-0.1, -0.05) is 6.92 Å². The van der Waals surface area contributed by atoms with Crippen LogP contribution in [0.5, 0.6) is 0 Å². The van der Waals surface area contributed by atoms with Gasteiger partial charge >= 0.3 is 0 Å². The average molecular weight is 254 g/mol. The van der Waals surface area contributed by atoms with Crippen LogP contribution in [0.4, 0.5) is 14.5 Å². The predicted molar refractivity (Wildman–Crippen MR) is 65.1 cm³/mol. The fraction of sp³-hybridized carbons (Fsp3) is 0.462. The van der Waals surface area contributed by atoms with Gasteiger partial charge < -0.3 is 10.6 Å². The lowest BCUT2D eigenvalue weighted by molar-refractivity contribution is 0.0742. The van der Waals surface area contributed by atoms with Crippen molar-refractivity contribution in [1.82, 2.24) is 4.90 Å². The van der Waals surface area contributed by atoms with Gasteiger partial charge in [0.1, 0.15) is 17.3 Å². The van der Waals surface area contributed by atoms with Crippen LogP contribution in [0.1, 0.15) is 36.5 Å². The van der Waals surface area contributed by atoms with E-state index >= 15 is 0 Å². The molecule has 2 N–H and O–H groups in total. The molecular formula is C13H16F2N2O. The topological polar surface area (TPSA) is 46.3 Å². The molecule has 1 fully saturated rings. The number of amides is 1. The Kier molecular flexibility index (Phi) is 3.50. The van der Waals surface area contributed by atoms with Gasteiger partial charge in [0.05, 0.1) is 0 Å². The second-order valence-corrected chi connectivity index (χ2v) is 4.58. The molecule has 98 valence electrons. The molecule has 18 heavy (non-hydrogen) atoms. The molecule has 5 heteroatoms. The van der Waals surface area contributed by atoms with E-state index in [0.717, 1.165) is 31.4 Å². The number of hydrogen-bond donors (Lipinski definition) is 1. The zero-order chi connectivity index (χ0) is 13.3. The highest BCUT2D eigenvalue weighted by Gasteiger charge is 2.32. The zero-order valence-corrected chi connectivity index (χ0v) is 10.2. The van der Waals surface area contributed by atoms with Crippen molar-refractivity contribution in [3.05, 3.63) is 29.3 Å². The molecule has 1 aliphatic carbocycles. The first-order valence-electron chi connectivity index (χ1n) is 6.10. The Labute approximate surface area is 105 Å². The molecule has 2 rings (SSSR count). The summed E-state index contributed by atoms with van der Waals surface area (Å²) >= 11 is 0. The summed E-state index contributed by atoms with van der Waals surface area (Å²) in [5.41, 5.74) is 4.67. The Balaban J connectivity index is 2.26. The minimum Gasteiger partial charge on any atom is -0.394 e. The lowest BCUT2D eigenvalue weighted by Gasteiger charge is -2.22. The summed E-state index contributed by atoms with van der Waals surface area (Å²) in [5, 5.41) is 0. The van der Waals surface area contributed by atoms with Gasteiger partial charge in [0.2, 0.25) is 0 Å². The third-order valence-corrected chi connectivity index (χ3v) is 3.04. The Hall–Kier alpha value is -1.65. The highest BCUT2D eigenvalue weighted by Crippen LogP contribution is 2.29. The number of rotatable bonds is 4. The fourth-order valence-electron chi connectivity index (χ4n) is 1.95. The number of benzene rings is 1. The van der Waals surface area contributed by atoms with Crippen molar-refractivity contribution in [2.75, 3.05) is 12.3 Å². The third kappa shape index (κ3) is 2.44. The maximum Gasteiger partial charge on any atom is 0.254 e. The van der Waals surface area contributed by atoms with E-state index in [1.165, 1.54) is 0 Å². The molecule has 1 amide bonds. The largest absolute Gasteiger partial charge is 0.394 e. The van der Waals surface area contributed by atoms with Crippen LogP contribution in [0, 0.1) is 11.6 Å². The number of carbonyl (C=O) groups is 1. The number of nitrogens with zero attached hydrogens (tertiary/aromatic N) is 1. The Morgan fingerprint density at radius 2 is 1.94 bits per heavy atom. The average Bonchev–Trinajstić information content (AvgIpc) is 3.15. The lowest BCUT2D eigenvalue weighted by Crippen LogP contribution is -2.34. The molecule has 0 saturated heterocycles. The summed E-state index contributed by atoms with van der Waals surface area (Å²) < 4.78 is 26.7. The van der Waals surface area contributed by atoms with Crippen molar-refractivity contribution in [1.29, 1.82) is 0 Å². The number of anilines is 1. The highest BCUT2D eigenvalue weighted by atomic mass is 19.1. The minimum atomic E-state index is -0.884. The Bertz CT molecular complexity index is 449. The Morgan fingerprint density at radius 1 is 1.39 bits per heavy atom. The molecule has 0 heterocycles. The summed E-state index contributed by atoms with van der Waals surface area (Å²) in [6.45, 7) is 2.57. The van der Waals surface area contributed by atoms with Gasteiger partial charge in [-0.05, 0) is 31.4 Å². The highest BCUT2D eigenvalue weighted by molar-refractivity contribution is 5.95. The second-order valence-electron chi connectivity index (χ2n) is 4.58. The van der Waals surface area contributed by atoms with Crippen LogP contribution < -0.4 is 5.73 Å². The van der Waals surface area contributed by atoms with Gasteiger partial charge in [-0.25, -0.2) is 8.78 Å². The van der Waals surface area contributed by atoms with Crippen LogP contribution in [0.3, 0.4) is 0 Å². The first-order chi connectivity index (χ1) is 8.54. The van der Waals surface area contributed by atoms with Gasteiger partial charge in [-0.2, -0.15) is 0 Å². The van der Waals surface area contributed by atoms with Crippen LogP contribution in [0.25, 0.3) is 0 Å². The van der Waals surface area contributed by atoms with E-state index in [4.69, 9.17) is 5.73 Å². The van der Waals surface area contributed by atoms with E-state index in [1.54, 1.807) is 4.90 Å². The van der Waals surface area contributed by atoms with E-state index < -0.39 is 17.3 Å². The minimum absolute atomic E-state index is 0.0274. The number of carbonyl (C=O) groups excluding carboxylic acids is 1. The van der Waals surface area contributed by atoms with Gasteiger partial charge in [-0.15, -0.1) is 0 Å². The van der Waals surface area contributed by atoms with Gasteiger partial charge in [0.25, 0.3) is 5.91 Å². The van der Waals surface area contributed by atoms with E-state index in [-0.39, 0.29) is 17.5 Å². The quantitative estimate of drug-likeness (QED) is 0.839. The molecule has 0 atom stereocenters. The smallest absolute Gasteiger partial charge is 0.254 e. The number of hydrogen-bond acceptors (Lipinski definition) is 2. The van der Waals surface area contributed by atoms with Gasteiger partial charge in [-0.3, -0.25) is 4.79 Å². The molecule has 1 saturated carbocycles. The molecular weight excluding hydrogens is 238 g/mol. The van der Waals surface area contributed by atoms with E-state index in [1.807, 2.05) is 6.92 Å². The van der Waals surface area contributed by atoms with Crippen molar-refractivity contribution in [2.24, 2.45) is 0 Å². The summed E-state index contributed by atoms with van der Waals surface area (Å²) in [6.07, 6.45) is 2.75. The molecule has 0 aromatic heterocycles. The molecule has 3 nitrogen and oxygen atoms in total. The lowest BCUT2D eigenvalue weighted by atomic mass is 10.1. The molecule has 1 aromatic rings. The first-order valence-corrected chi connectivity index (χ1v) is 6.10. The molecule has 1 aromatic carbocycles. The van der Waals surface area contributed by atoms with Crippen LogP contribution in [-0.2, 0) is 0 Å². The summed E-state index contributed by atoms with van der Waals surface area (Å²) in [5.74, 6) is -2.09. The van der Waals surface area contributed by atoms with Gasteiger partial charge in [0, 0.05) is 18.2 Å². The predicted octanol–water partition coefficient (Wildman–Crippen LogP) is 2.56. The maximum absolute atomic E-state index is 13.3. The molecule has 0 unspecified atom stereocenters. The second kappa shape index (κ2) is 4.92. The van der Waals surface area contributed by atoms with Gasteiger partial charge in [0.15, 0.2) is 0 Å². The SMILES string of the molecule is CCCN(C(=O)c1cc(F)c(N)c(F)c1)C1CC1. The Morgan fingerprint density at radius 3 is 2.39 bits per heavy atom. The number of halogens is 2. The van der Waals surface area contributed by atoms with Crippen LogP contribution in [-0.4, -0.2) is 23.4 Å².